The first-order valence-electron chi connectivity index (χ1n) is 6.28. The monoisotopic (exact) mass is 300 g/mol. The topological polar surface area (TPSA) is 34.0 Å². The molecule has 1 aromatic heterocycles. The Labute approximate surface area is 112 Å². The van der Waals surface area contributed by atoms with Gasteiger partial charge in [-0.3, -0.25) is 4.79 Å². The highest BCUT2D eigenvalue weighted by molar-refractivity contribution is 9.10. The fourth-order valence-corrected chi connectivity index (χ4v) is 2.38. The Kier molecular flexibility index (Phi) is 5.75. The predicted molar refractivity (Wildman–Crippen MR) is 74.3 cm³/mol. The Hall–Kier alpha value is -0.770. The SMILES string of the molecule is CCCC(CC)NC(=O)c1cc(Br)cn1CC. The van der Waals surface area contributed by atoms with Gasteiger partial charge in [0.05, 0.1) is 0 Å². The first-order valence-corrected chi connectivity index (χ1v) is 7.08. The quantitative estimate of drug-likeness (QED) is 0.856. The van der Waals surface area contributed by atoms with Crippen molar-refractivity contribution >= 4 is 21.8 Å². The number of hydrogen-bond donors (Lipinski definition) is 1. The molecule has 96 valence electrons. The largest absolute Gasteiger partial charge is 0.348 e. The molecule has 1 atom stereocenters. The third kappa shape index (κ3) is 3.87. The van der Waals surface area contributed by atoms with Crippen LogP contribution in [0.4, 0.5) is 0 Å². The molecule has 0 saturated carbocycles. The lowest BCUT2D eigenvalue weighted by Gasteiger charge is -2.16. The summed E-state index contributed by atoms with van der Waals surface area (Å²) in [6.45, 7) is 7.08. The molecule has 0 spiro atoms. The first kappa shape index (κ1) is 14.3. The fourth-order valence-electron chi connectivity index (χ4n) is 1.91. The van der Waals surface area contributed by atoms with Crippen molar-refractivity contribution in [3.05, 3.63) is 22.4 Å². The van der Waals surface area contributed by atoms with Gasteiger partial charge in [0.15, 0.2) is 0 Å². The summed E-state index contributed by atoms with van der Waals surface area (Å²) in [7, 11) is 0. The normalized spacial score (nSPS) is 12.5. The molecule has 17 heavy (non-hydrogen) atoms. The lowest BCUT2D eigenvalue weighted by molar-refractivity contribution is 0.0924. The Bertz CT molecular complexity index is 373. The maximum Gasteiger partial charge on any atom is 0.268 e. The highest BCUT2D eigenvalue weighted by Gasteiger charge is 2.15. The summed E-state index contributed by atoms with van der Waals surface area (Å²) in [4.78, 5) is 12.1. The number of halogens is 1. The molecule has 0 aliphatic carbocycles. The average molecular weight is 301 g/mol. The van der Waals surface area contributed by atoms with Crippen LogP contribution in [0.5, 0.6) is 0 Å². The number of carbonyl (C=O) groups is 1. The van der Waals surface area contributed by atoms with Gasteiger partial charge < -0.3 is 9.88 Å². The van der Waals surface area contributed by atoms with Gasteiger partial charge >= 0.3 is 0 Å². The predicted octanol–water partition coefficient (Wildman–Crippen LogP) is 3.58. The van der Waals surface area contributed by atoms with Crippen LogP contribution in [0, 0.1) is 0 Å². The van der Waals surface area contributed by atoms with Gasteiger partial charge in [0, 0.05) is 23.3 Å². The number of rotatable bonds is 6. The summed E-state index contributed by atoms with van der Waals surface area (Å²) in [5.74, 6) is 0.0258. The molecule has 0 saturated heterocycles. The summed E-state index contributed by atoms with van der Waals surface area (Å²) in [6, 6.07) is 2.16. The molecule has 0 aliphatic heterocycles. The van der Waals surface area contributed by atoms with Crippen LogP contribution in [-0.4, -0.2) is 16.5 Å². The van der Waals surface area contributed by atoms with Gasteiger partial charge in [-0.2, -0.15) is 0 Å². The van der Waals surface area contributed by atoms with E-state index in [1.165, 1.54) is 0 Å². The van der Waals surface area contributed by atoms with E-state index < -0.39 is 0 Å². The van der Waals surface area contributed by atoms with Crippen molar-refractivity contribution in [2.24, 2.45) is 0 Å². The molecular weight excluding hydrogens is 280 g/mol. The van der Waals surface area contributed by atoms with E-state index in [2.05, 4.69) is 35.1 Å². The summed E-state index contributed by atoms with van der Waals surface area (Å²) >= 11 is 3.41. The Morgan fingerprint density at radius 1 is 1.47 bits per heavy atom. The number of hydrogen-bond acceptors (Lipinski definition) is 1. The minimum absolute atomic E-state index is 0.0258. The molecule has 0 aliphatic rings. The second-order valence-corrected chi connectivity index (χ2v) is 5.11. The standard InChI is InChI=1S/C13H21BrN2O/c1-4-7-11(5-2)15-13(17)12-8-10(14)9-16(12)6-3/h8-9,11H,4-7H2,1-3H3,(H,15,17). The van der Waals surface area contributed by atoms with Crippen LogP contribution in [0.3, 0.4) is 0 Å². The molecule has 0 bridgehead atoms. The van der Waals surface area contributed by atoms with E-state index in [0.29, 0.717) is 0 Å². The number of carbonyl (C=O) groups excluding carboxylic acids is 1. The van der Waals surface area contributed by atoms with Crippen molar-refractivity contribution in [2.45, 2.75) is 52.6 Å². The minimum atomic E-state index is 0.0258. The van der Waals surface area contributed by atoms with Gasteiger partial charge in [0.1, 0.15) is 5.69 Å². The smallest absolute Gasteiger partial charge is 0.268 e. The highest BCUT2D eigenvalue weighted by Crippen LogP contribution is 2.15. The zero-order valence-corrected chi connectivity index (χ0v) is 12.4. The lowest BCUT2D eigenvalue weighted by Crippen LogP contribution is -2.35. The zero-order valence-electron chi connectivity index (χ0n) is 10.8. The molecule has 1 unspecified atom stereocenters. The van der Waals surface area contributed by atoms with Gasteiger partial charge in [-0.15, -0.1) is 0 Å². The van der Waals surface area contributed by atoms with Crippen LogP contribution < -0.4 is 5.32 Å². The van der Waals surface area contributed by atoms with E-state index in [0.717, 1.165) is 36.0 Å². The van der Waals surface area contributed by atoms with Crippen LogP contribution in [0.1, 0.15) is 50.5 Å². The van der Waals surface area contributed by atoms with Gasteiger partial charge in [0.2, 0.25) is 0 Å². The third-order valence-electron chi connectivity index (χ3n) is 2.90. The summed E-state index contributed by atoms with van der Waals surface area (Å²) in [6.07, 6.45) is 5.05. The van der Waals surface area contributed by atoms with Crippen molar-refractivity contribution in [1.29, 1.82) is 0 Å². The van der Waals surface area contributed by atoms with Crippen molar-refractivity contribution < 1.29 is 4.79 Å². The molecule has 1 N–H and O–H groups in total. The van der Waals surface area contributed by atoms with Gasteiger partial charge in [-0.25, -0.2) is 0 Å². The molecule has 1 rings (SSSR count). The molecule has 0 radical (unpaired) electrons. The summed E-state index contributed by atoms with van der Waals surface area (Å²) < 4.78 is 2.91. The van der Waals surface area contributed by atoms with Crippen LogP contribution >= 0.6 is 15.9 Å². The average Bonchev–Trinajstić information content (AvgIpc) is 2.69. The zero-order chi connectivity index (χ0) is 12.8. The summed E-state index contributed by atoms with van der Waals surface area (Å²) in [5.41, 5.74) is 0.730. The Balaban J connectivity index is 2.74. The van der Waals surface area contributed by atoms with Gasteiger partial charge in [0.25, 0.3) is 5.91 Å². The van der Waals surface area contributed by atoms with E-state index in [-0.39, 0.29) is 11.9 Å². The van der Waals surface area contributed by atoms with E-state index in [1.807, 2.05) is 23.8 Å². The molecule has 1 amide bonds. The molecule has 0 aromatic carbocycles. The van der Waals surface area contributed by atoms with E-state index in [4.69, 9.17) is 0 Å². The molecule has 1 aromatic rings. The maximum atomic E-state index is 12.1. The molecule has 1 heterocycles. The van der Waals surface area contributed by atoms with Crippen LogP contribution in [-0.2, 0) is 6.54 Å². The second-order valence-electron chi connectivity index (χ2n) is 4.20. The van der Waals surface area contributed by atoms with Crippen molar-refractivity contribution in [3.63, 3.8) is 0 Å². The Morgan fingerprint density at radius 2 is 2.18 bits per heavy atom. The number of nitrogens with one attached hydrogen (secondary N) is 1. The van der Waals surface area contributed by atoms with E-state index in [9.17, 15) is 4.79 Å². The maximum absolute atomic E-state index is 12.1. The number of aromatic nitrogens is 1. The lowest BCUT2D eigenvalue weighted by atomic mass is 10.1. The van der Waals surface area contributed by atoms with Crippen LogP contribution in [0.2, 0.25) is 0 Å². The summed E-state index contributed by atoms with van der Waals surface area (Å²) in [5, 5.41) is 3.09. The minimum Gasteiger partial charge on any atom is -0.348 e. The van der Waals surface area contributed by atoms with E-state index >= 15 is 0 Å². The van der Waals surface area contributed by atoms with Gasteiger partial charge in [-0.05, 0) is 41.8 Å². The molecule has 3 nitrogen and oxygen atoms in total. The van der Waals surface area contributed by atoms with Crippen molar-refractivity contribution in [3.8, 4) is 0 Å². The van der Waals surface area contributed by atoms with Crippen LogP contribution in [0.15, 0.2) is 16.7 Å². The Morgan fingerprint density at radius 3 is 2.71 bits per heavy atom. The number of amides is 1. The number of aryl methyl sites for hydroxylation is 1. The van der Waals surface area contributed by atoms with Gasteiger partial charge in [-0.1, -0.05) is 20.3 Å². The molecule has 4 heteroatoms. The first-order chi connectivity index (χ1) is 8.12. The fraction of sp³-hybridized carbons (Fsp3) is 0.615. The third-order valence-corrected chi connectivity index (χ3v) is 3.34. The van der Waals surface area contributed by atoms with E-state index in [1.54, 1.807) is 0 Å². The van der Waals surface area contributed by atoms with Crippen LogP contribution in [0.25, 0.3) is 0 Å². The molecular formula is C13H21BrN2O. The molecule has 0 fully saturated rings. The highest BCUT2D eigenvalue weighted by atomic mass is 79.9. The second kappa shape index (κ2) is 6.84. The van der Waals surface area contributed by atoms with Crippen molar-refractivity contribution in [2.75, 3.05) is 0 Å². The van der Waals surface area contributed by atoms with Crippen molar-refractivity contribution in [1.82, 2.24) is 9.88 Å². The number of nitrogens with zero attached hydrogens (tertiary/aromatic N) is 1.